The van der Waals surface area contributed by atoms with E-state index in [1.54, 1.807) is 12.1 Å². The van der Waals surface area contributed by atoms with Crippen LogP contribution >= 0.6 is 0 Å². The molecule has 2 aromatic heterocycles. The van der Waals surface area contributed by atoms with Gasteiger partial charge in [-0.15, -0.1) is 0 Å². The van der Waals surface area contributed by atoms with E-state index in [0.29, 0.717) is 5.91 Å². The summed E-state index contributed by atoms with van der Waals surface area (Å²) >= 11 is 0. The van der Waals surface area contributed by atoms with Crippen molar-refractivity contribution in [2.75, 3.05) is 26.2 Å². The molecule has 0 spiro atoms. The predicted molar refractivity (Wildman–Crippen MR) is 135 cm³/mol. The molecule has 1 saturated carbocycles. The lowest BCUT2D eigenvalue weighted by molar-refractivity contribution is -0.134. The molecule has 3 heterocycles. The number of aromatic nitrogens is 2. The zero-order chi connectivity index (χ0) is 23.9. The third-order valence-electron chi connectivity index (χ3n) is 7.17. The Kier molecular flexibility index (Phi) is 5.61. The highest BCUT2D eigenvalue weighted by molar-refractivity contribution is 5.81. The van der Waals surface area contributed by atoms with Gasteiger partial charge in [0.25, 0.3) is 0 Å². The molecule has 1 aliphatic carbocycles. The quantitative estimate of drug-likeness (QED) is 0.406. The number of amides is 1. The molecule has 1 saturated heterocycles. The summed E-state index contributed by atoms with van der Waals surface area (Å²) in [4.78, 5) is 21.9. The van der Waals surface area contributed by atoms with Crippen molar-refractivity contribution in [3.05, 3.63) is 83.9 Å². The lowest BCUT2D eigenvalue weighted by atomic mass is 10.1. The Morgan fingerprint density at radius 3 is 2.40 bits per heavy atom. The van der Waals surface area contributed by atoms with Crippen molar-refractivity contribution in [2.45, 2.75) is 26.3 Å². The largest absolute Gasteiger partial charge is 0.340 e. The number of hydrogen-bond acceptors (Lipinski definition) is 3. The number of benzene rings is 2. The first-order chi connectivity index (χ1) is 17.0. The summed E-state index contributed by atoms with van der Waals surface area (Å²) < 4.78 is 15.8. The van der Waals surface area contributed by atoms with Gasteiger partial charge in [-0.25, -0.2) is 9.37 Å². The molecule has 0 N–H and O–H groups in total. The number of imidazole rings is 1. The molecule has 6 rings (SSSR count). The van der Waals surface area contributed by atoms with Gasteiger partial charge in [0.2, 0.25) is 5.91 Å². The number of rotatable bonds is 5. The van der Waals surface area contributed by atoms with Crippen molar-refractivity contribution in [3.8, 4) is 22.4 Å². The minimum atomic E-state index is -0.253. The average Bonchev–Trinajstić information content (AvgIpc) is 3.67. The second-order valence-corrected chi connectivity index (χ2v) is 9.81. The second kappa shape index (κ2) is 8.93. The molecule has 6 heteroatoms. The molecule has 2 fully saturated rings. The molecule has 4 aromatic rings. The smallest absolute Gasteiger partial charge is 0.225 e. The Morgan fingerprint density at radius 1 is 0.943 bits per heavy atom. The van der Waals surface area contributed by atoms with E-state index >= 15 is 0 Å². The highest BCUT2D eigenvalue weighted by Gasteiger charge is 2.34. The molecular weight excluding hydrogens is 439 g/mol. The Morgan fingerprint density at radius 2 is 1.69 bits per heavy atom. The zero-order valence-corrected chi connectivity index (χ0v) is 20.0. The number of hydrogen-bond donors (Lipinski definition) is 0. The van der Waals surface area contributed by atoms with Crippen LogP contribution in [0.5, 0.6) is 0 Å². The fraction of sp³-hybridized carbons (Fsp3) is 0.310. The number of halogens is 1. The molecule has 2 aliphatic rings. The standard InChI is InChI=1S/C29H29FN4O/c1-20-3-2-4-23(17-20)24-9-12-27-31-28(21-7-10-25(30)11-8-21)26(34(27)18-24)19-32-13-15-33(16-14-32)29(35)22-5-6-22/h2-4,7-12,17-18,22H,5-6,13-16,19H2,1H3. The molecule has 5 nitrogen and oxygen atoms in total. The summed E-state index contributed by atoms with van der Waals surface area (Å²) in [6, 6.07) is 19.2. The number of carbonyl (C=O) groups is 1. The van der Waals surface area contributed by atoms with Crippen LogP contribution in [-0.2, 0) is 11.3 Å². The van der Waals surface area contributed by atoms with Crippen molar-refractivity contribution in [1.29, 1.82) is 0 Å². The molecule has 0 atom stereocenters. The lowest BCUT2D eigenvalue weighted by Gasteiger charge is -2.35. The third-order valence-corrected chi connectivity index (χ3v) is 7.17. The van der Waals surface area contributed by atoms with Crippen molar-refractivity contribution in [2.24, 2.45) is 5.92 Å². The van der Waals surface area contributed by atoms with E-state index in [-0.39, 0.29) is 11.7 Å². The van der Waals surface area contributed by atoms with E-state index in [0.717, 1.165) is 73.7 Å². The number of piperazine rings is 1. The molecule has 0 unspecified atom stereocenters. The summed E-state index contributed by atoms with van der Waals surface area (Å²) in [6.07, 6.45) is 4.25. The van der Waals surface area contributed by atoms with E-state index in [2.05, 4.69) is 58.8 Å². The molecule has 2 aromatic carbocycles. The van der Waals surface area contributed by atoms with Crippen LogP contribution in [-0.4, -0.2) is 51.3 Å². The molecule has 0 bridgehead atoms. The monoisotopic (exact) mass is 468 g/mol. The first kappa shape index (κ1) is 22.0. The van der Waals surface area contributed by atoms with E-state index in [4.69, 9.17) is 4.98 Å². The Hall–Kier alpha value is -3.51. The maximum Gasteiger partial charge on any atom is 0.225 e. The Bertz CT molecular complexity index is 1380. The van der Waals surface area contributed by atoms with Crippen LogP contribution in [0.1, 0.15) is 24.1 Å². The maximum atomic E-state index is 13.7. The molecule has 1 amide bonds. The van der Waals surface area contributed by atoms with E-state index in [1.807, 2.05) is 4.90 Å². The van der Waals surface area contributed by atoms with Crippen molar-refractivity contribution in [1.82, 2.24) is 19.2 Å². The number of pyridine rings is 1. The lowest BCUT2D eigenvalue weighted by Crippen LogP contribution is -2.48. The fourth-order valence-corrected chi connectivity index (χ4v) is 5.01. The van der Waals surface area contributed by atoms with E-state index in [9.17, 15) is 9.18 Å². The molecule has 35 heavy (non-hydrogen) atoms. The molecular formula is C29H29FN4O. The minimum Gasteiger partial charge on any atom is -0.340 e. The summed E-state index contributed by atoms with van der Waals surface area (Å²) in [5.41, 5.74) is 7.26. The first-order valence-electron chi connectivity index (χ1n) is 12.4. The van der Waals surface area contributed by atoms with Crippen LogP contribution in [0.4, 0.5) is 4.39 Å². The van der Waals surface area contributed by atoms with Gasteiger partial charge in [-0.3, -0.25) is 9.69 Å². The number of carbonyl (C=O) groups excluding carboxylic acids is 1. The van der Waals surface area contributed by atoms with Crippen LogP contribution in [0.2, 0.25) is 0 Å². The summed E-state index contributed by atoms with van der Waals surface area (Å²) in [7, 11) is 0. The van der Waals surface area contributed by atoms with Gasteiger partial charge in [-0.05, 0) is 67.3 Å². The fourth-order valence-electron chi connectivity index (χ4n) is 5.01. The van der Waals surface area contributed by atoms with Crippen LogP contribution in [0.15, 0.2) is 66.9 Å². The highest BCUT2D eigenvalue weighted by atomic mass is 19.1. The van der Waals surface area contributed by atoms with Crippen molar-refractivity contribution >= 4 is 11.6 Å². The number of nitrogens with zero attached hydrogens (tertiary/aromatic N) is 4. The van der Waals surface area contributed by atoms with Crippen molar-refractivity contribution in [3.63, 3.8) is 0 Å². The first-order valence-corrected chi connectivity index (χ1v) is 12.4. The Balaban J connectivity index is 1.35. The zero-order valence-electron chi connectivity index (χ0n) is 20.0. The second-order valence-electron chi connectivity index (χ2n) is 9.81. The van der Waals surface area contributed by atoms with Crippen LogP contribution in [0.25, 0.3) is 28.0 Å². The van der Waals surface area contributed by atoms with Gasteiger partial charge in [-0.2, -0.15) is 0 Å². The van der Waals surface area contributed by atoms with Gasteiger partial charge in [-0.1, -0.05) is 29.8 Å². The van der Waals surface area contributed by atoms with Gasteiger partial charge in [0.15, 0.2) is 0 Å². The van der Waals surface area contributed by atoms with Crippen LogP contribution < -0.4 is 0 Å². The summed E-state index contributed by atoms with van der Waals surface area (Å²) in [5.74, 6) is 0.344. The van der Waals surface area contributed by atoms with E-state index < -0.39 is 0 Å². The van der Waals surface area contributed by atoms with Crippen molar-refractivity contribution < 1.29 is 9.18 Å². The normalized spacial score (nSPS) is 16.7. The van der Waals surface area contributed by atoms with Gasteiger partial charge >= 0.3 is 0 Å². The summed E-state index contributed by atoms with van der Waals surface area (Å²) in [6.45, 7) is 6.04. The van der Waals surface area contributed by atoms with E-state index in [1.165, 1.54) is 23.3 Å². The Labute approximate surface area is 204 Å². The van der Waals surface area contributed by atoms with Crippen LogP contribution in [0.3, 0.4) is 0 Å². The predicted octanol–water partition coefficient (Wildman–Crippen LogP) is 5.17. The average molecular weight is 469 g/mol. The molecule has 178 valence electrons. The SMILES string of the molecule is Cc1cccc(-c2ccc3nc(-c4ccc(F)cc4)c(CN4CCN(C(=O)C5CC5)CC4)n3c2)c1. The number of fused-ring (bicyclic) bond motifs is 1. The van der Waals surface area contributed by atoms with Gasteiger partial charge in [0.05, 0.1) is 11.4 Å². The van der Waals surface area contributed by atoms with Crippen LogP contribution in [0, 0.1) is 18.7 Å². The highest BCUT2D eigenvalue weighted by Crippen LogP contribution is 2.32. The summed E-state index contributed by atoms with van der Waals surface area (Å²) in [5, 5.41) is 0. The minimum absolute atomic E-state index is 0.253. The van der Waals surface area contributed by atoms with Gasteiger partial charge in [0.1, 0.15) is 11.5 Å². The topological polar surface area (TPSA) is 40.9 Å². The molecule has 0 radical (unpaired) electrons. The molecule has 1 aliphatic heterocycles. The number of aryl methyl sites for hydroxylation is 1. The van der Waals surface area contributed by atoms with Gasteiger partial charge < -0.3 is 9.30 Å². The maximum absolute atomic E-state index is 13.7. The van der Waals surface area contributed by atoms with Gasteiger partial charge in [0, 0.05) is 50.4 Å². The third kappa shape index (κ3) is 4.46.